The average molecular weight is 284 g/mol. The van der Waals surface area contributed by atoms with E-state index in [4.69, 9.17) is 0 Å². The smallest absolute Gasteiger partial charge is 0.265 e. The summed E-state index contributed by atoms with van der Waals surface area (Å²) >= 11 is 1.64. The molecule has 3 nitrogen and oxygen atoms in total. The summed E-state index contributed by atoms with van der Waals surface area (Å²) in [6, 6.07) is 12.5. The predicted octanol–water partition coefficient (Wildman–Crippen LogP) is 3.48. The van der Waals surface area contributed by atoms with Crippen LogP contribution in [0.3, 0.4) is 0 Å². The first kappa shape index (κ1) is 12.1. The van der Waals surface area contributed by atoms with Crippen LogP contribution in [-0.2, 0) is 13.1 Å². The third-order valence-electron chi connectivity index (χ3n) is 3.94. The van der Waals surface area contributed by atoms with Gasteiger partial charge in [0.25, 0.3) is 5.91 Å². The van der Waals surface area contributed by atoms with Crippen molar-refractivity contribution in [3.05, 3.63) is 51.7 Å². The van der Waals surface area contributed by atoms with Crippen LogP contribution in [0.2, 0.25) is 0 Å². The van der Waals surface area contributed by atoms with E-state index >= 15 is 0 Å². The molecule has 4 rings (SSSR count). The highest BCUT2D eigenvalue weighted by molar-refractivity contribution is 7.14. The number of fused-ring (bicyclic) bond motifs is 1. The SMILES string of the molecule is O=C(Nc1ccccc1)c1cc2c(s1)CN(C1CC1)C2. The Kier molecular flexibility index (Phi) is 2.86. The maximum Gasteiger partial charge on any atom is 0.265 e. The lowest BCUT2D eigenvalue weighted by Crippen LogP contribution is -2.18. The van der Waals surface area contributed by atoms with E-state index in [1.165, 1.54) is 23.3 Å². The summed E-state index contributed by atoms with van der Waals surface area (Å²) in [5.74, 6) is 0.00794. The maximum absolute atomic E-state index is 12.2. The Hall–Kier alpha value is -1.65. The number of amides is 1. The molecule has 1 aromatic heterocycles. The molecule has 20 heavy (non-hydrogen) atoms. The van der Waals surface area contributed by atoms with E-state index in [1.807, 2.05) is 30.3 Å². The summed E-state index contributed by atoms with van der Waals surface area (Å²) in [6.07, 6.45) is 2.69. The molecule has 0 unspecified atom stereocenters. The van der Waals surface area contributed by atoms with Crippen molar-refractivity contribution in [2.24, 2.45) is 0 Å². The van der Waals surface area contributed by atoms with Crippen molar-refractivity contribution >= 4 is 22.9 Å². The van der Waals surface area contributed by atoms with Gasteiger partial charge in [-0.1, -0.05) is 18.2 Å². The standard InChI is InChI=1S/C16H16N2OS/c19-16(17-12-4-2-1-3-5-12)14-8-11-9-18(13-6-7-13)10-15(11)20-14/h1-5,8,13H,6-7,9-10H2,(H,17,19). The van der Waals surface area contributed by atoms with Gasteiger partial charge in [-0.05, 0) is 36.6 Å². The lowest BCUT2D eigenvalue weighted by Gasteiger charge is -2.12. The molecule has 1 aliphatic heterocycles. The molecule has 102 valence electrons. The fourth-order valence-electron chi connectivity index (χ4n) is 2.72. The van der Waals surface area contributed by atoms with Gasteiger partial charge in [0.2, 0.25) is 0 Å². The van der Waals surface area contributed by atoms with Crippen LogP contribution in [0.25, 0.3) is 0 Å². The van der Waals surface area contributed by atoms with Gasteiger partial charge < -0.3 is 5.32 Å². The number of rotatable bonds is 3. The molecule has 0 atom stereocenters. The Morgan fingerprint density at radius 2 is 2.00 bits per heavy atom. The maximum atomic E-state index is 12.2. The molecule has 1 saturated carbocycles. The minimum atomic E-state index is 0.00794. The minimum Gasteiger partial charge on any atom is -0.321 e. The summed E-state index contributed by atoms with van der Waals surface area (Å²) in [5, 5.41) is 2.95. The molecule has 2 heterocycles. The Morgan fingerprint density at radius 3 is 2.70 bits per heavy atom. The molecule has 4 heteroatoms. The van der Waals surface area contributed by atoms with E-state index in [2.05, 4.69) is 16.3 Å². The summed E-state index contributed by atoms with van der Waals surface area (Å²) in [7, 11) is 0. The Morgan fingerprint density at radius 1 is 1.20 bits per heavy atom. The summed E-state index contributed by atoms with van der Waals surface area (Å²) in [6.45, 7) is 2.05. The first-order valence-corrected chi connectivity index (χ1v) is 7.83. The second-order valence-corrected chi connectivity index (χ2v) is 6.65. The van der Waals surface area contributed by atoms with Crippen LogP contribution in [0.5, 0.6) is 0 Å². The van der Waals surface area contributed by atoms with Crippen LogP contribution in [-0.4, -0.2) is 16.8 Å². The minimum absolute atomic E-state index is 0.00794. The van der Waals surface area contributed by atoms with Crippen molar-refractivity contribution < 1.29 is 4.79 Å². The highest BCUT2D eigenvalue weighted by Gasteiger charge is 2.34. The molecule has 1 fully saturated rings. The van der Waals surface area contributed by atoms with Gasteiger partial charge >= 0.3 is 0 Å². The van der Waals surface area contributed by atoms with E-state index in [9.17, 15) is 4.79 Å². The number of nitrogens with one attached hydrogen (secondary N) is 1. The van der Waals surface area contributed by atoms with Gasteiger partial charge in [0.15, 0.2) is 0 Å². The molecule has 1 amide bonds. The van der Waals surface area contributed by atoms with Crippen LogP contribution in [0, 0.1) is 0 Å². The topological polar surface area (TPSA) is 32.3 Å². The quantitative estimate of drug-likeness (QED) is 0.936. The fraction of sp³-hybridized carbons (Fsp3) is 0.312. The van der Waals surface area contributed by atoms with Crippen molar-refractivity contribution in [3.63, 3.8) is 0 Å². The molecule has 2 aliphatic rings. The van der Waals surface area contributed by atoms with Crippen LogP contribution < -0.4 is 5.32 Å². The molecule has 2 aromatic rings. The Balaban J connectivity index is 1.48. The number of thiophene rings is 1. The van der Waals surface area contributed by atoms with Gasteiger partial charge in [-0.15, -0.1) is 11.3 Å². The van der Waals surface area contributed by atoms with Crippen LogP contribution in [0.1, 0.15) is 33.0 Å². The molecule has 1 aromatic carbocycles. The Labute approximate surface area is 122 Å². The largest absolute Gasteiger partial charge is 0.321 e. The first-order valence-electron chi connectivity index (χ1n) is 7.01. The lowest BCUT2D eigenvalue weighted by molar-refractivity contribution is 0.103. The van der Waals surface area contributed by atoms with E-state index < -0.39 is 0 Å². The van der Waals surface area contributed by atoms with Gasteiger partial charge in [-0.2, -0.15) is 0 Å². The number of nitrogens with zero attached hydrogens (tertiary/aromatic N) is 1. The first-order chi connectivity index (χ1) is 9.79. The molecule has 1 N–H and O–H groups in total. The zero-order valence-corrected chi connectivity index (χ0v) is 12.0. The number of para-hydroxylation sites is 1. The zero-order valence-electron chi connectivity index (χ0n) is 11.1. The monoisotopic (exact) mass is 284 g/mol. The molecule has 0 bridgehead atoms. The molecule has 0 spiro atoms. The van der Waals surface area contributed by atoms with Gasteiger partial charge in [-0.3, -0.25) is 9.69 Å². The van der Waals surface area contributed by atoms with E-state index in [1.54, 1.807) is 11.3 Å². The molecule has 0 radical (unpaired) electrons. The third-order valence-corrected chi connectivity index (χ3v) is 5.10. The molecule has 0 saturated heterocycles. The number of benzene rings is 1. The second kappa shape index (κ2) is 4.72. The Bertz CT molecular complexity index is 622. The van der Waals surface area contributed by atoms with Crippen molar-refractivity contribution in [2.75, 3.05) is 5.32 Å². The van der Waals surface area contributed by atoms with Gasteiger partial charge in [0, 0.05) is 29.7 Å². The number of carbonyl (C=O) groups excluding carboxylic acids is 1. The van der Waals surface area contributed by atoms with Crippen molar-refractivity contribution in [1.29, 1.82) is 0 Å². The highest BCUT2D eigenvalue weighted by Crippen LogP contribution is 2.38. The third kappa shape index (κ3) is 2.25. The van der Waals surface area contributed by atoms with Gasteiger partial charge in [0.1, 0.15) is 0 Å². The number of hydrogen-bond acceptors (Lipinski definition) is 3. The van der Waals surface area contributed by atoms with Crippen LogP contribution >= 0.6 is 11.3 Å². The van der Waals surface area contributed by atoms with Gasteiger partial charge in [-0.25, -0.2) is 0 Å². The normalized spacial score (nSPS) is 18.0. The van der Waals surface area contributed by atoms with E-state index in [0.29, 0.717) is 0 Å². The van der Waals surface area contributed by atoms with Crippen molar-refractivity contribution in [3.8, 4) is 0 Å². The van der Waals surface area contributed by atoms with Crippen molar-refractivity contribution in [1.82, 2.24) is 4.90 Å². The van der Waals surface area contributed by atoms with Gasteiger partial charge in [0.05, 0.1) is 4.88 Å². The summed E-state index contributed by atoms with van der Waals surface area (Å²) < 4.78 is 0. The summed E-state index contributed by atoms with van der Waals surface area (Å²) in [5.41, 5.74) is 2.20. The average Bonchev–Trinajstić information content (AvgIpc) is 3.10. The molecule has 1 aliphatic carbocycles. The fourth-order valence-corrected chi connectivity index (χ4v) is 3.81. The highest BCUT2D eigenvalue weighted by atomic mass is 32.1. The van der Waals surface area contributed by atoms with Crippen LogP contribution in [0.15, 0.2) is 36.4 Å². The molecular formula is C16H16N2OS. The second-order valence-electron chi connectivity index (χ2n) is 5.52. The van der Waals surface area contributed by atoms with Crippen LogP contribution in [0.4, 0.5) is 5.69 Å². The summed E-state index contributed by atoms with van der Waals surface area (Å²) in [4.78, 5) is 17.0. The van der Waals surface area contributed by atoms with E-state index in [-0.39, 0.29) is 5.91 Å². The van der Waals surface area contributed by atoms with E-state index in [0.717, 1.165) is 29.7 Å². The zero-order chi connectivity index (χ0) is 13.5. The number of carbonyl (C=O) groups is 1. The predicted molar refractivity (Wildman–Crippen MR) is 81.0 cm³/mol. The number of hydrogen-bond donors (Lipinski definition) is 1. The number of anilines is 1. The molecular weight excluding hydrogens is 268 g/mol. The lowest BCUT2D eigenvalue weighted by atomic mass is 10.2. The van der Waals surface area contributed by atoms with Crippen molar-refractivity contribution in [2.45, 2.75) is 32.0 Å².